The molecule has 0 aromatic heterocycles. The molecule has 1 aliphatic rings. The molecule has 0 saturated carbocycles. The molecule has 2 N–H and O–H groups in total. The summed E-state index contributed by atoms with van der Waals surface area (Å²) in [6, 6.07) is 5.58. The van der Waals surface area contributed by atoms with Gasteiger partial charge < -0.3 is 15.4 Å². The number of halogens is 1. The van der Waals surface area contributed by atoms with Crippen LogP contribution in [0.5, 0.6) is 5.75 Å². The first kappa shape index (κ1) is 11.4. The van der Waals surface area contributed by atoms with Crippen LogP contribution in [-0.2, 0) is 6.54 Å². The Bertz CT molecular complexity index is 351. The first-order valence-corrected chi connectivity index (χ1v) is 5.56. The Balaban J connectivity index is 1.91. The second-order valence-corrected chi connectivity index (χ2v) is 4.04. The summed E-state index contributed by atoms with van der Waals surface area (Å²) >= 11 is 0. The van der Waals surface area contributed by atoms with E-state index in [0.717, 1.165) is 25.1 Å². The molecule has 1 saturated heterocycles. The number of ether oxygens (including phenoxy) is 1. The SMILES string of the molecule is COc1ccc(CNC2CCNC2)cc1F. The van der Waals surface area contributed by atoms with Crippen LogP contribution in [0, 0.1) is 5.82 Å². The molecule has 4 heteroatoms. The Morgan fingerprint density at radius 3 is 3.06 bits per heavy atom. The van der Waals surface area contributed by atoms with Gasteiger partial charge in [-0.15, -0.1) is 0 Å². The molecule has 2 rings (SSSR count). The van der Waals surface area contributed by atoms with Crippen LogP contribution < -0.4 is 15.4 Å². The van der Waals surface area contributed by atoms with Crippen molar-refractivity contribution in [2.75, 3.05) is 20.2 Å². The van der Waals surface area contributed by atoms with E-state index in [-0.39, 0.29) is 5.82 Å². The molecule has 0 radical (unpaired) electrons. The molecule has 16 heavy (non-hydrogen) atoms. The highest BCUT2D eigenvalue weighted by Gasteiger charge is 2.13. The van der Waals surface area contributed by atoms with E-state index >= 15 is 0 Å². The molecule has 1 unspecified atom stereocenters. The molecule has 1 atom stereocenters. The molecule has 0 spiro atoms. The molecule has 0 aliphatic carbocycles. The molecule has 0 bridgehead atoms. The highest BCUT2D eigenvalue weighted by molar-refractivity contribution is 5.29. The monoisotopic (exact) mass is 224 g/mol. The minimum Gasteiger partial charge on any atom is -0.494 e. The van der Waals surface area contributed by atoms with Crippen molar-refractivity contribution in [1.29, 1.82) is 0 Å². The molecule has 3 nitrogen and oxygen atoms in total. The Labute approximate surface area is 95.0 Å². The van der Waals surface area contributed by atoms with Gasteiger partial charge in [0.15, 0.2) is 11.6 Å². The van der Waals surface area contributed by atoms with E-state index in [2.05, 4.69) is 10.6 Å². The van der Waals surface area contributed by atoms with Crippen LogP contribution in [0.1, 0.15) is 12.0 Å². The molecule has 1 aromatic carbocycles. The van der Waals surface area contributed by atoms with Crippen LogP contribution in [-0.4, -0.2) is 26.2 Å². The zero-order chi connectivity index (χ0) is 11.4. The van der Waals surface area contributed by atoms with E-state index in [9.17, 15) is 4.39 Å². The van der Waals surface area contributed by atoms with E-state index in [1.807, 2.05) is 6.07 Å². The van der Waals surface area contributed by atoms with Gasteiger partial charge in [-0.25, -0.2) is 4.39 Å². The van der Waals surface area contributed by atoms with Gasteiger partial charge in [-0.2, -0.15) is 0 Å². The van der Waals surface area contributed by atoms with E-state index in [1.54, 1.807) is 6.07 Å². The average Bonchev–Trinajstić information content (AvgIpc) is 2.79. The van der Waals surface area contributed by atoms with E-state index < -0.39 is 0 Å². The predicted molar refractivity (Wildman–Crippen MR) is 61.1 cm³/mol. The van der Waals surface area contributed by atoms with Crippen LogP contribution in [0.25, 0.3) is 0 Å². The van der Waals surface area contributed by atoms with Gasteiger partial charge in [0.1, 0.15) is 0 Å². The summed E-state index contributed by atoms with van der Waals surface area (Å²) in [5, 5.41) is 6.67. The molecule has 88 valence electrons. The summed E-state index contributed by atoms with van der Waals surface area (Å²) in [4.78, 5) is 0. The van der Waals surface area contributed by atoms with Crippen LogP contribution >= 0.6 is 0 Å². The Kier molecular flexibility index (Phi) is 3.74. The first-order valence-electron chi connectivity index (χ1n) is 5.56. The Morgan fingerprint density at radius 2 is 2.44 bits per heavy atom. The fourth-order valence-corrected chi connectivity index (χ4v) is 1.91. The topological polar surface area (TPSA) is 33.3 Å². The number of rotatable bonds is 4. The quantitative estimate of drug-likeness (QED) is 0.808. The second kappa shape index (κ2) is 5.27. The number of methoxy groups -OCH3 is 1. The molecular weight excluding hydrogens is 207 g/mol. The van der Waals surface area contributed by atoms with Crippen molar-refractivity contribution in [3.8, 4) is 5.75 Å². The van der Waals surface area contributed by atoms with Crippen molar-refractivity contribution in [2.45, 2.75) is 19.0 Å². The zero-order valence-corrected chi connectivity index (χ0v) is 9.42. The summed E-state index contributed by atoms with van der Waals surface area (Å²) in [7, 11) is 1.47. The standard InChI is InChI=1S/C12H17FN2O/c1-16-12-3-2-9(6-11(12)13)7-15-10-4-5-14-8-10/h2-3,6,10,14-15H,4-5,7-8H2,1H3. The van der Waals surface area contributed by atoms with Gasteiger partial charge in [0.05, 0.1) is 7.11 Å². The van der Waals surface area contributed by atoms with Gasteiger partial charge in [0, 0.05) is 19.1 Å². The first-order chi connectivity index (χ1) is 7.79. The minimum absolute atomic E-state index is 0.297. The summed E-state index contributed by atoms with van der Waals surface area (Å²) in [5.41, 5.74) is 0.949. The second-order valence-electron chi connectivity index (χ2n) is 4.04. The summed E-state index contributed by atoms with van der Waals surface area (Å²) in [6.07, 6.45) is 1.14. The number of nitrogens with one attached hydrogen (secondary N) is 2. The van der Waals surface area contributed by atoms with Crippen molar-refractivity contribution in [3.05, 3.63) is 29.6 Å². The van der Waals surface area contributed by atoms with Gasteiger partial charge in [-0.05, 0) is 30.7 Å². The molecule has 0 amide bonds. The maximum Gasteiger partial charge on any atom is 0.165 e. The zero-order valence-electron chi connectivity index (χ0n) is 9.42. The third kappa shape index (κ3) is 2.71. The van der Waals surface area contributed by atoms with Gasteiger partial charge in [0.25, 0.3) is 0 Å². The fraction of sp³-hybridized carbons (Fsp3) is 0.500. The third-order valence-electron chi connectivity index (χ3n) is 2.87. The normalized spacial score (nSPS) is 20.0. The van der Waals surface area contributed by atoms with Gasteiger partial charge >= 0.3 is 0 Å². The van der Waals surface area contributed by atoms with Crippen molar-refractivity contribution < 1.29 is 9.13 Å². The highest BCUT2D eigenvalue weighted by atomic mass is 19.1. The van der Waals surface area contributed by atoms with Crippen molar-refractivity contribution in [3.63, 3.8) is 0 Å². The molecule has 1 aliphatic heterocycles. The summed E-state index contributed by atoms with van der Waals surface area (Å²) < 4.78 is 18.3. The lowest BCUT2D eigenvalue weighted by Crippen LogP contribution is -2.30. The van der Waals surface area contributed by atoms with E-state index in [4.69, 9.17) is 4.74 Å². The van der Waals surface area contributed by atoms with Gasteiger partial charge in [-0.1, -0.05) is 6.07 Å². The van der Waals surface area contributed by atoms with Crippen LogP contribution in [0.15, 0.2) is 18.2 Å². The van der Waals surface area contributed by atoms with Gasteiger partial charge in [-0.3, -0.25) is 0 Å². The molecular formula is C12H17FN2O. The maximum atomic E-state index is 13.4. The van der Waals surface area contributed by atoms with E-state index in [1.165, 1.54) is 13.2 Å². The summed E-state index contributed by atoms with van der Waals surface area (Å²) in [6.45, 7) is 2.76. The smallest absolute Gasteiger partial charge is 0.165 e. The number of hydrogen-bond donors (Lipinski definition) is 2. The van der Waals surface area contributed by atoms with Crippen molar-refractivity contribution in [2.24, 2.45) is 0 Å². The average molecular weight is 224 g/mol. The lowest BCUT2D eigenvalue weighted by Gasteiger charge is -2.11. The van der Waals surface area contributed by atoms with E-state index in [0.29, 0.717) is 18.3 Å². The lowest BCUT2D eigenvalue weighted by molar-refractivity contribution is 0.386. The summed E-state index contributed by atoms with van der Waals surface area (Å²) in [5.74, 6) is -0.00219. The Hall–Kier alpha value is -1.13. The van der Waals surface area contributed by atoms with Crippen molar-refractivity contribution >= 4 is 0 Å². The molecule has 1 fully saturated rings. The van der Waals surface area contributed by atoms with Crippen LogP contribution in [0.4, 0.5) is 4.39 Å². The number of hydrogen-bond acceptors (Lipinski definition) is 3. The predicted octanol–water partition coefficient (Wildman–Crippen LogP) is 1.29. The fourth-order valence-electron chi connectivity index (χ4n) is 1.91. The van der Waals surface area contributed by atoms with Crippen LogP contribution in [0.3, 0.4) is 0 Å². The Morgan fingerprint density at radius 1 is 1.56 bits per heavy atom. The third-order valence-corrected chi connectivity index (χ3v) is 2.87. The molecule has 1 aromatic rings. The number of benzene rings is 1. The molecule has 1 heterocycles. The minimum atomic E-state index is -0.300. The van der Waals surface area contributed by atoms with Crippen molar-refractivity contribution in [1.82, 2.24) is 10.6 Å². The van der Waals surface area contributed by atoms with Crippen LogP contribution in [0.2, 0.25) is 0 Å². The van der Waals surface area contributed by atoms with Gasteiger partial charge in [0.2, 0.25) is 0 Å². The lowest BCUT2D eigenvalue weighted by atomic mass is 10.2. The largest absolute Gasteiger partial charge is 0.494 e. The maximum absolute atomic E-state index is 13.4. The highest BCUT2D eigenvalue weighted by Crippen LogP contribution is 2.17.